The summed E-state index contributed by atoms with van der Waals surface area (Å²) in [4.78, 5) is 11.3. The maximum Gasteiger partial charge on any atom is 0.243 e. The fourth-order valence-corrected chi connectivity index (χ4v) is 2.23. The summed E-state index contributed by atoms with van der Waals surface area (Å²) in [5, 5.41) is 4.64. The zero-order valence-corrected chi connectivity index (χ0v) is 11.9. The Morgan fingerprint density at radius 2 is 2.19 bits per heavy atom. The van der Waals surface area contributed by atoms with Gasteiger partial charge in [0.25, 0.3) is 0 Å². The Balaban J connectivity index is 1.70. The summed E-state index contributed by atoms with van der Waals surface area (Å²) >= 11 is 6.12. The molecule has 6 nitrogen and oxygen atoms in total. The standard InChI is InChI=1S/C14H14ClN5O/c15-11-4-2-1-3-9(11)5-13-19-14(21-20-13)12(16)6-10-7-17-8-18-10/h1-4,7-8,12H,5-6,16H2,(H,17,18). The first-order valence-electron chi connectivity index (χ1n) is 6.51. The van der Waals surface area contributed by atoms with Crippen LogP contribution in [0.25, 0.3) is 0 Å². The van der Waals surface area contributed by atoms with Gasteiger partial charge in [-0.25, -0.2) is 4.98 Å². The molecule has 0 aliphatic carbocycles. The molecule has 1 atom stereocenters. The average molecular weight is 304 g/mol. The highest BCUT2D eigenvalue weighted by Crippen LogP contribution is 2.19. The lowest BCUT2D eigenvalue weighted by molar-refractivity contribution is 0.350. The van der Waals surface area contributed by atoms with E-state index in [4.69, 9.17) is 21.9 Å². The molecule has 0 bridgehead atoms. The van der Waals surface area contributed by atoms with Crippen LogP contribution >= 0.6 is 11.6 Å². The fraction of sp³-hybridized carbons (Fsp3) is 0.214. The minimum atomic E-state index is -0.363. The largest absolute Gasteiger partial charge is 0.348 e. The van der Waals surface area contributed by atoms with Crippen molar-refractivity contribution in [3.63, 3.8) is 0 Å². The molecule has 21 heavy (non-hydrogen) atoms. The van der Waals surface area contributed by atoms with E-state index in [2.05, 4.69) is 20.1 Å². The molecule has 3 rings (SSSR count). The van der Waals surface area contributed by atoms with Crippen molar-refractivity contribution < 1.29 is 4.52 Å². The maximum absolute atomic E-state index is 6.12. The van der Waals surface area contributed by atoms with E-state index in [-0.39, 0.29) is 6.04 Å². The first-order chi connectivity index (χ1) is 10.2. The van der Waals surface area contributed by atoms with Crippen molar-refractivity contribution in [2.75, 3.05) is 0 Å². The minimum Gasteiger partial charge on any atom is -0.348 e. The third kappa shape index (κ3) is 3.29. The molecule has 3 N–H and O–H groups in total. The summed E-state index contributed by atoms with van der Waals surface area (Å²) in [7, 11) is 0. The Morgan fingerprint density at radius 1 is 1.33 bits per heavy atom. The summed E-state index contributed by atoms with van der Waals surface area (Å²) in [6.45, 7) is 0. The van der Waals surface area contributed by atoms with E-state index in [0.717, 1.165) is 11.3 Å². The first kappa shape index (κ1) is 13.8. The molecule has 0 amide bonds. The van der Waals surface area contributed by atoms with E-state index in [1.807, 2.05) is 24.3 Å². The van der Waals surface area contributed by atoms with Crippen LogP contribution in [0, 0.1) is 0 Å². The van der Waals surface area contributed by atoms with Gasteiger partial charge in [-0.05, 0) is 11.6 Å². The van der Waals surface area contributed by atoms with Gasteiger partial charge < -0.3 is 15.2 Å². The zero-order chi connectivity index (χ0) is 14.7. The van der Waals surface area contributed by atoms with Crippen LogP contribution in [-0.4, -0.2) is 20.1 Å². The summed E-state index contributed by atoms with van der Waals surface area (Å²) in [5.41, 5.74) is 7.93. The molecule has 2 aromatic heterocycles. The third-order valence-electron chi connectivity index (χ3n) is 3.10. The molecule has 0 aliphatic rings. The van der Waals surface area contributed by atoms with Gasteiger partial charge in [0.15, 0.2) is 5.82 Å². The number of imidazole rings is 1. The predicted octanol–water partition coefficient (Wildman–Crippen LogP) is 2.28. The number of hydrogen-bond acceptors (Lipinski definition) is 5. The number of nitrogens with zero attached hydrogens (tertiary/aromatic N) is 3. The van der Waals surface area contributed by atoms with Crippen LogP contribution in [0.15, 0.2) is 41.3 Å². The minimum absolute atomic E-state index is 0.363. The van der Waals surface area contributed by atoms with Crippen LogP contribution in [0.1, 0.15) is 29.0 Å². The van der Waals surface area contributed by atoms with Crippen LogP contribution in [0.5, 0.6) is 0 Å². The fourth-order valence-electron chi connectivity index (χ4n) is 2.02. The number of H-pyrrole nitrogens is 1. The van der Waals surface area contributed by atoms with E-state index < -0.39 is 0 Å². The number of hydrogen-bond donors (Lipinski definition) is 2. The van der Waals surface area contributed by atoms with E-state index in [9.17, 15) is 0 Å². The smallest absolute Gasteiger partial charge is 0.243 e. The Hall–Kier alpha value is -2.18. The topological polar surface area (TPSA) is 93.6 Å². The number of halogens is 1. The summed E-state index contributed by atoms with van der Waals surface area (Å²) in [6.07, 6.45) is 4.41. The van der Waals surface area contributed by atoms with Crippen molar-refractivity contribution in [3.8, 4) is 0 Å². The highest BCUT2D eigenvalue weighted by molar-refractivity contribution is 6.31. The highest BCUT2D eigenvalue weighted by Gasteiger charge is 2.16. The number of benzene rings is 1. The maximum atomic E-state index is 6.12. The van der Waals surface area contributed by atoms with Crippen molar-refractivity contribution in [2.45, 2.75) is 18.9 Å². The second-order valence-electron chi connectivity index (χ2n) is 4.70. The lowest BCUT2D eigenvalue weighted by atomic mass is 10.1. The van der Waals surface area contributed by atoms with Gasteiger partial charge in [-0.3, -0.25) is 0 Å². The van der Waals surface area contributed by atoms with E-state index in [1.165, 1.54) is 0 Å². The molecule has 0 saturated carbocycles. The van der Waals surface area contributed by atoms with Crippen LogP contribution in [0.4, 0.5) is 0 Å². The summed E-state index contributed by atoms with van der Waals surface area (Å²) in [6, 6.07) is 7.21. The predicted molar refractivity (Wildman–Crippen MR) is 77.8 cm³/mol. The van der Waals surface area contributed by atoms with Crippen molar-refractivity contribution in [2.24, 2.45) is 5.73 Å². The van der Waals surface area contributed by atoms with Crippen molar-refractivity contribution >= 4 is 11.6 Å². The number of nitrogens with two attached hydrogens (primary N) is 1. The van der Waals surface area contributed by atoms with Crippen LogP contribution in [0.2, 0.25) is 5.02 Å². The molecule has 7 heteroatoms. The van der Waals surface area contributed by atoms with Gasteiger partial charge >= 0.3 is 0 Å². The van der Waals surface area contributed by atoms with Gasteiger partial charge in [-0.15, -0.1) is 0 Å². The van der Waals surface area contributed by atoms with E-state index in [1.54, 1.807) is 12.5 Å². The van der Waals surface area contributed by atoms with Gasteiger partial charge in [-0.1, -0.05) is 35.0 Å². The molecule has 0 spiro atoms. The quantitative estimate of drug-likeness (QED) is 0.754. The molecule has 1 unspecified atom stereocenters. The molecule has 1 aromatic carbocycles. The van der Waals surface area contributed by atoms with Crippen LogP contribution in [0.3, 0.4) is 0 Å². The average Bonchev–Trinajstić information content (AvgIpc) is 3.13. The van der Waals surface area contributed by atoms with Gasteiger partial charge in [0.1, 0.15) is 0 Å². The van der Waals surface area contributed by atoms with Crippen molar-refractivity contribution in [1.29, 1.82) is 0 Å². The Labute approximate surface area is 126 Å². The summed E-state index contributed by atoms with van der Waals surface area (Å²) in [5.74, 6) is 0.977. The second kappa shape index (κ2) is 6.07. The molecule has 2 heterocycles. The molecule has 0 fully saturated rings. The number of nitrogens with one attached hydrogen (secondary N) is 1. The van der Waals surface area contributed by atoms with Crippen molar-refractivity contribution in [3.05, 3.63) is 64.8 Å². The molecular formula is C14H14ClN5O. The van der Waals surface area contributed by atoms with Gasteiger partial charge in [0.2, 0.25) is 5.89 Å². The lowest BCUT2D eigenvalue weighted by Gasteiger charge is -2.03. The first-order valence-corrected chi connectivity index (χ1v) is 6.89. The molecule has 0 aliphatic heterocycles. The molecule has 3 aromatic rings. The Bertz CT molecular complexity index is 710. The van der Waals surface area contributed by atoms with Crippen LogP contribution < -0.4 is 5.73 Å². The normalized spacial score (nSPS) is 12.5. The number of aromatic nitrogens is 4. The highest BCUT2D eigenvalue weighted by atomic mass is 35.5. The molecular weight excluding hydrogens is 290 g/mol. The van der Waals surface area contributed by atoms with Crippen LogP contribution in [-0.2, 0) is 12.8 Å². The monoisotopic (exact) mass is 303 g/mol. The van der Waals surface area contributed by atoms with E-state index in [0.29, 0.717) is 29.6 Å². The Morgan fingerprint density at radius 3 is 2.95 bits per heavy atom. The molecule has 0 saturated heterocycles. The van der Waals surface area contributed by atoms with Gasteiger partial charge in [0.05, 0.1) is 12.4 Å². The van der Waals surface area contributed by atoms with Gasteiger partial charge in [-0.2, -0.15) is 4.98 Å². The van der Waals surface area contributed by atoms with Crippen molar-refractivity contribution in [1.82, 2.24) is 20.1 Å². The third-order valence-corrected chi connectivity index (χ3v) is 3.47. The molecule has 0 radical (unpaired) electrons. The summed E-state index contributed by atoms with van der Waals surface area (Å²) < 4.78 is 5.22. The van der Waals surface area contributed by atoms with E-state index >= 15 is 0 Å². The number of aromatic amines is 1. The zero-order valence-electron chi connectivity index (χ0n) is 11.2. The SMILES string of the molecule is NC(Cc1cnc[nH]1)c1nc(Cc2ccccc2Cl)no1. The Kier molecular flexibility index (Phi) is 3.98. The lowest BCUT2D eigenvalue weighted by Crippen LogP contribution is -2.14. The molecule has 108 valence electrons. The second-order valence-corrected chi connectivity index (χ2v) is 5.11. The van der Waals surface area contributed by atoms with Gasteiger partial charge in [0, 0.05) is 29.8 Å². The number of rotatable bonds is 5.